The SMILES string of the molecule is CC(C)Cn1c(SCC(=O)NC(c2ccc(F)cc2)C(C)C)nc2ncccc2c1=O. The van der Waals surface area contributed by atoms with E-state index in [1.165, 1.54) is 23.9 Å². The number of thioether (sulfide) groups is 1. The Morgan fingerprint density at radius 1 is 1.16 bits per heavy atom. The van der Waals surface area contributed by atoms with Crippen LogP contribution >= 0.6 is 11.8 Å². The molecule has 6 nitrogen and oxygen atoms in total. The zero-order chi connectivity index (χ0) is 22.5. The van der Waals surface area contributed by atoms with E-state index in [0.29, 0.717) is 22.7 Å². The molecule has 0 saturated carbocycles. The first-order valence-electron chi connectivity index (χ1n) is 10.3. The maximum absolute atomic E-state index is 13.3. The number of carbonyl (C=O) groups excluding carboxylic acids is 1. The van der Waals surface area contributed by atoms with Crippen molar-refractivity contribution in [1.82, 2.24) is 19.9 Å². The van der Waals surface area contributed by atoms with Crippen LogP contribution < -0.4 is 10.9 Å². The smallest absolute Gasteiger partial charge is 0.263 e. The van der Waals surface area contributed by atoms with E-state index in [2.05, 4.69) is 15.3 Å². The summed E-state index contributed by atoms with van der Waals surface area (Å²) in [5, 5.41) is 3.96. The molecule has 0 fully saturated rings. The minimum Gasteiger partial charge on any atom is -0.348 e. The van der Waals surface area contributed by atoms with Gasteiger partial charge in [-0.15, -0.1) is 0 Å². The summed E-state index contributed by atoms with van der Waals surface area (Å²) < 4.78 is 14.9. The summed E-state index contributed by atoms with van der Waals surface area (Å²) >= 11 is 1.22. The van der Waals surface area contributed by atoms with E-state index >= 15 is 0 Å². The standard InChI is InChI=1S/C23H27FN4O2S/c1-14(2)12-28-22(30)18-6-5-11-25-21(18)27-23(28)31-13-19(29)26-20(15(3)4)16-7-9-17(24)10-8-16/h5-11,14-15,20H,12-13H2,1-4H3,(H,26,29). The van der Waals surface area contributed by atoms with Crippen molar-refractivity contribution in [3.63, 3.8) is 0 Å². The van der Waals surface area contributed by atoms with Gasteiger partial charge >= 0.3 is 0 Å². The summed E-state index contributed by atoms with van der Waals surface area (Å²) in [7, 11) is 0. The summed E-state index contributed by atoms with van der Waals surface area (Å²) in [5.74, 6) is -0.0216. The van der Waals surface area contributed by atoms with E-state index in [0.717, 1.165) is 5.56 Å². The fourth-order valence-corrected chi connectivity index (χ4v) is 4.13. The van der Waals surface area contributed by atoms with E-state index in [4.69, 9.17) is 0 Å². The number of fused-ring (bicyclic) bond motifs is 1. The third-order valence-corrected chi connectivity index (χ3v) is 5.76. The third-order valence-electron chi connectivity index (χ3n) is 4.79. The van der Waals surface area contributed by atoms with E-state index in [1.807, 2.05) is 27.7 Å². The molecule has 2 aromatic heterocycles. The van der Waals surface area contributed by atoms with Gasteiger partial charge in [0.05, 0.1) is 17.2 Å². The number of benzene rings is 1. The lowest BCUT2D eigenvalue weighted by atomic mass is 9.96. The average Bonchev–Trinajstić information content (AvgIpc) is 2.73. The van der Waals surface area contributed by atoms with E-state index in [-0.39, 0.29) is 40.9 Å². The summed E-state index contributed by atoms with van der Waals surface area (Å²) in [6.07, 6.45) is 1.60. The molecule has 0 spiro atoms. The highest BCUT2D eigenvalue weighted by molar-refractivity contribution is 7.99. The zero-order valence-corrected chi connectivity index (χ0v) is 18.9. The number of amides is 1. The number of hydrogen-bond acceptors (Lipinski definition) is 5. The maximum Gasteiger partial charge on any atom is 0.263 e. The molecule has 1 atom stereocenters. The van der Waals surface area contributed by atoms with Crippen LogP contribution in [-0.2, 0) is 11.3 Å². The van der Waals surface area contributed by atoms with Crippen molar-refractivity contribution in [2.24, 2.45) is 11.8 Å². The summed E-state index contributed by atoms with van der Waals surface area (Å²) in [6.45, 7) is 8.55. The predicted octanol–water partition coefficient (Wildman–Crippen LogP) is 4.19. The number of pyridine rings is 1. The maximum atomic E-state index is 13.3. The number of aromatic nitrogens is 3. The van der Waals surface area contributed by atoms with Gasteiger partial charge in [0.1, 0.15) is 5.82 Å². The van der Waals surface area contributed by atoms with Crippen LogP contribution in [0.4, 0.5) is 4.39 Å². The Labute approximate surface area is 185 Å². The van der Waals surface area contributed by atoms with Crippen molar-refractivity contribution in [1.29, 1.82) is 0 Å². The van der Waals surface area contributed by atoms with E-state index in [1.54, 1.807) is 35.0 Å². The van der Waals surface area contributed by atoms with Crippen molar-refractivity contribution in [2.75, 3.05) is 5.75 Å². The molecule has 0 radical (unpaired) electrons. The van der Waals surface area contributed by atoms with E-state index in [9.17, 15) is 14.0 Å². The number of nitrogens with zero attached hydrogens (tertiary/aromatic N) is 3. The molecular weight excluding hydrogens is 415 g/mol. The Morgan fingerprint density at radius 2 is 1.87 bits per heavy atom. The minimum atomic E-state index is -0.313. The van der Waals surface area contributed by atoms with Crippen LogP contribution in [-0.4, -0.2) is 26.2 Å². The fourth-order valence-electron chi connectivity index (χ4n) is 3.32. The van der Waals surface area contributed by atoms with E-state index < -0.39 is 0 Å². The molecule has 1 aromatic carbocycles. The molecule has 31 heavy (non-hydrogen) atoms. The fraction of sp³-hybridized carbons (Fsp3) is 0.391. The normalized spacial score (nSPS) is 12.5. The Kier molecular flexibility index (Phi) is 7.43. The summed E-state index contributed by atoms with van der Waals surface area (Å²) in [6, 6.07) is 9.34. The van der Waals surface area contributed by atoms with Gasteiger partial charge in [0.25, 0.3) is 5.56 Å². The van der Waals surface area contributed by atoms with Crippen LogP contribution in [0.1, 0.15) is 39.3 Å². The molecule has 1 unspecified atom stereocenters. The van der Waals surface area contributed by atoms with Gasteiger partial charge in [-0.2, -0.15) is 0 Å². The minimum absolute atomic E-state index is 0.104. The molecule has 3 aromatic rings. The van der Waals surface area contributed by atoms with Crippen molar-refractivity contribution in [3.8, 4) is 0 Å². The highest BCUT2D eigenvalue weighted by Gasteiger charge is 2.20. The van der Waals surface area contributed by atoms with Crippen LogP contribution in [0.25, 0.3) is 11.0 Å². The van der Waals surface area contributed by atoms with Crippen molar-refractivity contribution in [2.45, 2.75) is 45.4 Å². The second kappa shape index (κ2) is 10.0. The lowest BCUT2D eigenvalue weighted by Gasteiger charge is -2.23. The topological polar surface area (TPSA) is 76.9 Å². The molecular formula is C23H27FN4O2S. The number of rotatable bonds is 8. The molecule has 1 amide bonds. The molecule has 2 heterocycles. The Hall–Kier alpha value is -2.74. The molecule has 0 bridgehead atoms. The largest absolute Gasteiger partial charge is 0.348 e. The lowest BCUT2D eigenvalue weighted by Crippen LogP contribution is -2.33. The van der Waals surface area contributed by atoms with Crippen molar-refractivity contribution < 1.29 is 9.18 Å². The van der Waals surface area contributed by atoms with Crippen LogP contribution in [0, 0.1) is 17.7 Å². The van der Waals surface area contributed by atoms with Crippen molar-refractivity contribution in [3.05, 3.63) is 64.3 Å². The average molecular weight is 443 g/mol. The van der Waals surface area contributed by atoms with Crippen molar-refractivity contribution >= 4 is 28.7 Å². The van der Waals surface area contributed by atoms with Gasteiger partial charge in [-0.3, -0.25) is 14.2 Å². The first kappa shape index (κ1) is 22.9. The molecule has 0 aliphatic heterocycles. The van der Waals surface area contributed by atoms with Gasteiger partial charge in [-0.05, 0) is 41.7 Å². The quantitative estimate of drug-likeness (QED) is 0.418. The molecule has 0 aliphatic carbocycles. The Bertz CT molecular complexity index is 1110. The summed E-state index contributed by atoms with van der Waals surface area (Å²) in [5.41, 5.74) is 1.07. The van der Waals surface area contributed by atoms with Gasteiger partial charge in [0, 0.05) is 12.7 Å². The molecule has 0 saturated heterocycles. The molecule has 1 N–H and O–H groups in total. The number of nitrogens with one attached hydrogen (secondary N) is 1. The Balaban J connectivity index is 1.80. The second-order valence-corrected chi connectivity index (χ2v) is 9.15. The van der Waals surface area contributed by atoms with Gasteiger partial charge in [0.15, 0.2) is 10.8 Å². The van der Waals surface area contributed by atoms with Crippen LogP contribution in [0.3, 0.4) is 0 Å². The van der Waals surface area contributed by atoms with Gasteiger partial charge in [0.2, 0.25) is 5.91 Å². The van der Waals surface area contributed by atoms with Crippen LogP contribution in [0.15, 0.2) is 52.5 Å². The van der Waals surface area contributed by atoms with Crippen LogP contribution in [0.5, 0.6) is 0 Å². The van der Waals surface area contributed by atoms with Gasteiger partial charge in [-0.25, -0.2) is 14.4 Å². The molecule has 0 aliphatic rings. The first-order chi connectivity index (χ1) is 14.8. The van der Waals surface area contributed by atoms with Gasteiger partial charge in [-0.1, -0.05) is 51.6 Å². The first-order valence-corrected chi connectivity index (χ1v) is 11.3. The molecule has 164 valence electrons. The monoisotopic (exact) mass is 442 g/mol. The zero-order valence-electron chi connectivity index (χ0n) is 18.1. The number of halogens is 1. The number of hydrogen-bond donors (Lipinski definition) is 1. The lowest BCUT2D eigenvalue weighted by molar-refractivity contribution is -0.119. The third kappa shape index (κ3) is 5.70. The molecule has 3 rings (SSSR count). The molecule has 8 heteroatoms. The van der Waals surface area contributed by atoms with Gasteiger partial charge < -0.3 is 5.32 Å². The highest BCUT2D eigenvalue weighted by Crippen LogP contribution is 2.23. The Morgan fingerprint density at radius 3 is 2.52 bits per heavy atom. The second-order valence-electron chi connectivity index (χ2n) is 8.21. The number of carbonyl (C=O) groups is 1. The summed E-state index contributed by atoms with van der Waals surface area (Å²) in [4.78, 5) is 34.4. The predicted molar refractivity (Wildman–Crippen MR) is 121 cm³/mol. The highest BCUT2D eigenvalue weighted by atomic mass is 32.2. The van der Waals surface area contributed by atoms with Crippen LogP contribution in [0.2, 0.25) is 0 Å².